The van der Waals surface area contributed by atoms with Gasteiger partial charge in [-0.1, -0.05) is 13.8 Å². The van der Waals surface area contributed by atoms with Crippen molar-refractivity contribution in [1.29, 1.82) is 0 Å². The quantitative estimate of drug-likeness (QED) is 0.940. The van der Waals surface area contributed by atoms with Gasteiger partial charge in [0.15, 0.2) is 0 Å². The molecule has 0 aromatic carbocycles. The summed E-state index contributed by atoms with van der Waals surface area (Å²) in [4.78, 5) is 30.6. The van der Waals surface area contributed by atoms with Crippen LogP contribution in [0.2, 0.25) is 0 Å². The zero-order valence-corrected chi connectivity index (χ0v) is 13.7. The molecule has 0 amide bonds. The second-order valence-corrected chi connectivity index (χ2v) is 7.18. The van der Waals surface area contributed by atoms with E-state index in [-0.39, 0.29) is 12.1 Å². The van der Waals surface area contributed by atoms with E-state index < -0.39 is 5.97 Å². The lowest BCUT2D eigenvalue weighted by atomic mass is 9.89. The molecule has 1 aliphatic carbocycles. The molecular formula is C16H20N2O3S. The SMILES string of the molecule is CCCc1nc2sc3c(c2c(=O)n1CC(=O)O)CCC(C)C3. The van der Waals surface area contributed by atoms with Crippen molar-refractivity contribution in [3.63, 3.8) is 0 Å². The van der Waals surface area contributed by atoms with Crippen molar-refractivity contribution in [1.82, 2.24) is 9.55 Å². The maximum absolute atomic E-state index is 12.8. The maximum atomic E-state index is 12.8. The summed E-state index contributed by atoms with van der Waals surface area (Å²) >= 11 is 1.61. The third-order valence-electron chi connectivity index (χ3n) is 4.26. The fourth-order valence-corrected chi connectivity index (χ4v) is 4.57. The third-order valence-corrected chi connectivity index (χ3v) is 5.41. The van der Waals surface area contributed by atoms with Gasteiger partial charge in [-0.3, -0.25) is 14.2 Å². The van der Waals surface area contributed by atoms with Gasteiger partial charge in [-0.05, 0) is 37.2 Å². The predicted octanol–water partition coefficient (Wildman–Crippen LogP) is 2.62. The number of carboxylic acid groups (broad SMARTS) is 1. The van der Waals surface area contributed by atoms with E-state index in [2.05, 4.69) is 11.9 Å². The van der Waals surface area contributed by atoms with Gasteiger partial charge < -0.3 is 5.11 Å². The van der Waals surface area contributed by atoms with Crippen LogP contribution >= 0.6 is 11.3 Å². The molecule has 0 radical (unpaired) electrons. The Morgan fingerprint density at radius 1 is 1.50 bits per heavy atom. The van der Waals surface area contributed by atoms with E-state index in [4.69, 9.17) is 5.11 Å². The lowest BCUT2D eigenvalue weighted by Crippen LogP contribution is -2.29. The van der Waals surface area contributed by atoms with Crippen molar-refractivity contribution in [2.24, 2.45) is 5.92 Å². The van der Waals surface area contributed by atoms with Crippen LogP contribution in [0.25, 0.3) is 10.2 Å². The molecule has 1 N–H and O–H groups in total. The molecule has 1 atom stereocenters. The number of aliphatic carboxylic acids is 1. The number of aryl methyl sites for hydroxylation is 2. The van der Waals surface area contributed by atoms with Crippen LogP contribution in [0.4, 0.5) is 0 Å². The highest BCUT2D eigenvalue weighted by Crippen LogP contribution is 2.35. The first-order valence-electron chi connectivity index (χ1n) is 7.77. The number of nitrogens with zero attached hydrogens (tertiary/aromatic N) is 2. The first-order chi connectivity index (χ1) is 10.5. The van der Waals surface area contributed by atoms with Crippen molar-refractivity contribution in [2.45, 2.75) is 52.5 Å². The molecule has 2 aromatic rings. The number of carboxylic acids is 1. The summed E-state index contributed by atoms with van der Waals surface area (Å²) in [6.07, 6.45) is 4.43. The Labute approximate surface area is 132 Å². The fraction of sp³-hybridized carbons (Fsp3) is 0.562. The molecule has 0 saturated carbocycles. The molecule has 5 nitrogen and oxygen atoms in total. The van der Waals surface area contributed by atoms with Gasteiger partial charge in [0.05, 0.1) is 5.39 Å². The summed E-state index contributed by atoms with van der Waals surface area (Å²) in [6.45, 7) is 3.92. The molecule has 118 valence electrons. The number of fused-ring (bicyclic) bond motifs is 3. The summed E-state index contributed by atoms with van der Waals surface area (Å²) in [7, 11) is 0. The molecule has 22 heavy (non-hydrogen) atoms. The maximum Gasteiger partial charge on any atom is 0.323 e. The van der Waals surface area contributed by atoms with E-state index in [0.717, 1.165) is 36.1 Å². The molecule has 2 aromatic heterocycles. The smallest absolute Gasteiger partial charge is 0.323 e. The van der Waals surface area contributed by atoms with Gasteiger partial charge in [0.25, 0.3) is 5.56 Å². The molecular weight excluding hydrogens is 300 g/mol. The molecule has 0 fully saturated rings. The molecule has 0 bridgehead atoms. The minimum Gasteiger partial charge on any atom is -0.480 e. The van der Waals surface area contributed by atoms with Crippen LogP contribution in [0, 0.1) is 5.92 Å². The van der Waals surface area contributed by atoms with E-state index in [1.165, 1.54) is 9.44 Å². The van der Waals surface area contributed by atoms with Gasteiger partial charge in [0, 0.05) is 11.3 Å². The standard InChI is InChI=1S/C16H20N2O3S/c1-3-4-12-17-15-14(16(21)18(12)8-13(19)20)10-6-5-9(2)7-11(10)22-15/h9H,3-8H2,1-2H3,(H,19,20). The van der Waals surface area contributed by atoms with Crippen molar-refractivity contribution in [3.05, 3.63) is 26.6 Å². The van der Waals surface area contributed by atoms with E-state index in [1.54, 1.807) is 11.3 Å². The second-order valence-electron chi connectivity index (χ2n) is 6.09. The highest BCUT2D eigenvalue weighted by atomic mass is 32.1. The number of thiophene rings is 1. The zero-order valence-electron chi connectivity index (χ0n) is 12.9. The number of aromatic nitrogens is 2. The van der Waals surface area contributed by atoms with Crippen LogP contribution in [0.1, 0.15) is 43.0 Å². The largest absolute Gasteiger partial charge is 0.480 e. The van der Waals surface area contributed by atoms with Crippen molar-refractivity contribution in [2.75, 3.05) is 0 Å². The first kappa shape index (κ1) is 15.2. The molecule has 6 heteroatoms. The average Bonchev–Trinajstić information content (AvgIpc) is 2.80. The van der Waals surface area contributed by atoms with Gasteiger partial charge >= 0.3 is 5.97 Å². The lowest BCUT2D eigenvalue weighted by molar-refractivity contribution is -0.137. The molecule has 1 aliphatic rings. The molecule has 0 aliphatic heterocycles. The first-order valence-corrected chi connectivity index (χ1v) is 8.58. The number of rotatable bonds is 4. The zero-order chi connectivity index (χ0) is 15.9. The highest BCUT2D eigenvalue weighted by Gasteiger charge is 2.24. The summed E-state index contributed by atoms with van der Waals surface area (Å²) in [6, 6.07) is 0. The summed E-state index contributed by atoms with van der Waals surface area (Å²) in [5.74, 6) is 0.226. The Balaban J connectivity index is 2.24. The Bertz CT molecular complexity index is 791. The Morgan fingerprint density at radius 3 is 2.95 bits per heavy atom. The van der Waals surface area contributed by atoms with Crippen LogP contribution in [-0.2, 0) is 30.6 Å². The Kier molecular flexibility index (Phi) is 4.04. The van der Waals surface area contributed by atoms with Gasteiger partial charge in [-0.2, -0.15) is 0 Å². The summed E-state index contributed by atoms with van der Waals surface area (Å²) in [5, 5.41) is 9.76. The molecule has 0 spiro atoms. The average molecular weight is 320 g/mol. The van der Waals surface area contributed by atoms with E-state index in [9.17, 15) is 9.59 Å². The molecule has 1 unspecified atom stereocenters. The molecule has 0 saturated heterocycles. The van der Waals surface area contributed by atoms with Gasteiger partial charge in [0.2, 0.25) is 0 Å². The molecule has 3 rings (SSSR count). The van der Waals surface area contributed by atoms with Crippen LogP contribution < -0.4 is 5.56 Å². The fourth-order valence-electron chi connectivity index (χ4n) is 3.18. The topological polar surface area (TPSA) is 72.2 Å². The second kappa shape index (κ2) is 5.83. The molecule has 2 heterocycles. The predicted molar refractivity (Wildman–Crippen MR) is 86.7 cm³/mol. The van der Waals surface area contributed by atoms with Crippen LogP contribution in [0.3, 0.4) is 0 Å². The van der Waals surface area contributed by atoms with Gasteiger partial charge in [0.1, 0.15) is 17.2 Å². The number of carbonyl (C=O) groups is 1. The lowest BCUT2D eigenvalue weighted by Gasteiger charge is -2.17. The third kappa shape index (κ3) is 2.56. The van der Waals surface area contributed by atoms with Gasteiger partial charge in [-0.15, -0.1) is 11.3 Å². The van der Waals surface area contributed by atoms with Gasteiger partial charge in [-0.25, -0.2) is 4.98 Å². The van der Waals surface area contributed by atoms with Crippen molar-refractivity contribution >= 4 is 27.5 Å². The van der Waals surface area contributed by atoms with E-state index in [0.29, 0.717) is 23.5 Å². The minimum atomic E-state index is -1.00. The normalized spacial score (nSPS) is 17.6. The number of hydrogen-bond acceptors (Lipinski definition) is 4. The van der Waals surface area contributed by atoms with E-state index in [1.807, 2.05) is 6.92 Å². The van der Waals surface area contributed by atoms with Crippen LogP contribution in [0.15, 0.2) is 4.79 Å². The van der Waals surface area contributed by atoms with Crippen LogP contribution in [0.5, 0.6) is 0 Å². The summed E-state index contributed by atoms with van der Waals surface area (Å²) in [5.41, 5.74) is 0.931. The minimum absolute atomic E-state index is 0.178. The van der Waals surface area contributed by atoms with Crippen LogP contribution in [-0.4, -0.2) is 20.6 Å². The Morgan fingerprint density at radius 2 is 2.27 bits per heavy atom. The highest BCUT2D eigenvalue weighted by molar-refractivity contribution is 7.18. The van der Waals surface area contributed by atoms with Crippen molar-refractivity contribution < 1.29 is 9.90 Å². The Hall–Kier alpha value is -1.69. The number of hydrogen-bond donors (Lipinski definition) is 1. The summed E-state index contributed by atoms with van der Waals surface area (Å²) < 4.78 is 1.35. The monoisotopic (exact) mass is 320 g/mol. The van der Waals surface area contributed by atoms with E-state index >= 15 is 0 Å². The van der Waals surface area contributed by atoms with Crippen molar-refractivity contribution in [3.8, 4) is 0 Å².